The summed E-state index contributed by atoms with van der Waals surface area (Å²) in [5, 5.41) is 2.38. The third-order valence-electron chi connectivity index (χ3n) is 16.8. The van der Waals surface area contributed by atoms with Crippen LogP contribution in [-0.2, 0) is 0 Å². The van der Waals surface area contributed by atoms with Crippen LogP contribution in [0, 0.1) is 0 Å². The molecule has 0 saturated heterocycles. The highest BCUT2D eigenvalue weighted by Crippen LogP contribution is 2.43. The van der Waals surface area contributed by atoms with Gasteiger partial charge in [-0.3, -0.25) is 0 Å². The zero-order valence-corrected chi connectivity index (χ0v) is 46.9. The lowest BCUT2D eigenvalue weighted by Crippen LogP contribution is -1.97. The van der Waals surface area contributed by atoms with Gasteiger partial charge >= 0.3 is 0 Å². The Hall–Kier alpha value is -11.1. The lowest BCUT2D eigenvalue weighted by molar-refractivity contribution is 1.18. The minimum atomic E-state index is 1.14. The smallest absolute Gasteiger partial charge is 0.0541 e. The molecule has 0 atom stereocenters. The Morgan fingerprint density at radius 1 is 0.141 bits per heavy atom. The molecule has 0 fully saturated rings. The molecule has 0 spiro atoms. The third kappa shape index (κ3) is 10.2. The first-order valence-electron chi connectivity index (χ1n) is 29.3. The topological polar surface area (TPSA) is 4.93 Å². The fraction of sp³-hybridized carbons (Fsp3) is 0. The van der Waals surface area contributed by atoms with Gasteiger partial charge in [0.05, 0.1) is 16.7 Å². The number of rotatable bonds is 12. The van der Waals surface area contributed by atoms with Crippen molar-refractivity contribution in [3.8, 4) is 128 Å². The lowest BCUT2D eigenvalue weighted by atomic mass is 9.91. The largest absolute Gasteiger partial charge is 0.309 e. The first kappa shape index (κ1) is 50.8. The van der Waals surface area contributed by atoms with Gasteiger partial charge in [0.15, 0.2) is 0 Å². The fourth-order valence-electron chi connectivity index (χ4n) is 12.4. The summed E-state index contributed by atoms with van der Waals surface area (Å²) >= 11 is 0. The summed E-state index contributed by atoms with van der Waals surface area (Å²) in [6.45, 7) is 0. The van der Waals surface area contributed by atoms with E-state index in [9.17, 15) is 0 Å². The summed E-state index contributed by atoms with van der Waals surface area (Å²) in [6.07, 6.45) is 0. The SMILES string of the molecule is c1ccc(-c2ccc(-c3cc(-c4ccc(-c5ccccc5)cc4)cc(-c4ccc5c(c4)c4cc(-c6cc(-c7ccc(-c8ccccc8)cc7)cc(-c7ccc(-c8ccccc8)cc7)c6)ccc4n5-c4ccccc4-c4ccccc4)c3)cc2)cc1. The normalized spacial score (nSPS) is 11.3. The summed E-state index contributed by atoms with van der Waals surface area (Å²) in [5.74, 6) is 0. The van der Waals surface area contributed by atoms with Gasteiger partial charge < -0.3 is 4.57 Å². The highest BCUT2D eigenvalue weighted by atomic mass is 15.0. The maximum absolute atomic E-state index is 2.48. The number of para-hydroxylation sites is 1. The second-order valence-corrected chi connectivity index (χ2v) is 22.1. The van der Waals surface area contributed by atoms with Crippen LogP contribution in [0.3, 0.4) is 0 Å². The molecule has 0 N–H and O–H groups in total. The van der Waals surface area contributed by atoms with Crippen molar-refractivity contribution in [3.05, 3.63) is 346 Å². The molecule has 14 aromatic carbocycles. The Morgan fingerprint density at radius 3 is 0.647 bits per heavy atom. The minimum absolute atomic E-state index is 1.14. The predicted octanol–water partition coefficient (Wildman–Crippen LogP) is 23.1. The van der Waals surface area contributed by atoms with Crippen LogP contribution in [0.5, 0.6) is 0 Å². The molecule has 0 saturated carbocycles. The molecule has 0 aliphatic heterocycles. The average Bonchev–Trinajstić information content (AvgIpc) is 2.24. The van der Waals surface area contributed by atoms with E-state index in [0.29, 0.717) is 0 Å². The lowest BCUT2D eigenvalue weighted by Gasteiger charge is -2.15. The molecule has 0 bridgehead atoms. The average molecular weight is 1080 g/mol. The molecule has 0 amide bonds. The Balaban J connectivity index is 0.909. The highest BCUT2D eigenvalue weighted by Gasteiger charge is 2.19. The molecule has 0 aliphatic rings. The van der Waals surface area contributed by atoms with Crippen molar-refractivity contribution < 1.29 is 0 Å². The minimum Gasteiger partial charge on any atom is -0.309 e. The van der Waals surface area contributed by atoms with E-state index in [2.05, 4.69) is 350 Å². The maximum Gasteiger partial charge on any atom is 0.0541 e. The molecule has 1 aromatic heterocycles. The van der Waals surface area contributed by atoms with Crippen LogP contribution in [0.2, 0.25) is 0 Å². The van der Waals surface area contributed by atoms with Gasteiger partial charge in [-0.2, -0.15) is 0 Å². The number of benzene rings is 14. The van der Waals surface area contributed by atoms with Gasteiger partial charge in [-0.25, -0.2) is 0 Å². The molecule has 0 radical (unpaired) electrons. The van der Waals surface area contributed by atoms with Crippen molar-refractivity contribution in [1.82, 2.24) is 4.57 Å². The van der Waals surface area contributed by atoms with Gasteiger partial charge in [-0.1, -0.05) is 279 Å². The van der Waals surface area contributed by atoms with Gasteiger partial charge in [0.1, 0.15) is 0 Å². The summed E-state index contributed by atoms with van der Waals surface area (Å²) < 4.78 is 2.48. The van der Waals surface area contributed by atoms with E-state index in [0.717, 1.165) is 39.0 Å². The molecule has 15 aromatic rings. The number of nitrogens with zero attached hydrogens (tertiary/aromatic N) is 1. The van der Waals surface area contributed by atoms with E-state index in [1.807, 2.05) is 0 Å². The standard InChI is InChI=1S/C84H57N/c1-6-18-58(19-7-1)62-30-38-66(39-31-62)73-50-74(67-40-32-63(33-41-67)59-20-8-2-9-21-59)53-77(52-73)71-46-48-83-80(56-71)81-57-72(47-49-84(81)85(83)82-29-17-16-28-79(82)70-26-14-5-15-27-70)78-54-75(68-42-34-64(35-43-68)60-22-10-3-11-23-60)51-76(55-78)69-44-36-65(37-45-69)61-24-12-4-13-25-61/h1-57H. The summed E-state index contributed by atoms with van der Waals surface area (Å²) in [7, 11) is 0. The molecule has 85 heavy (non-hydrogen) atoms. The second-order valence-electron chi connectivity index (χ2n) is 22.1. The van der Waals surface area contributed by atoms with Gasteiger partial charge in [0.25, 0.3) is 0 Å². The van der Waals surface area contributed by atoms with Gasteiger partial charge in [-0.15, -0.1) is 0 Å². The van der Waals surface area contributed by atoms with Crippen LogP contribution in [0.25, 0.3) is 150 Å². The van der Waals surface area contributed by atoms with E-state index < -0.39 is 0 Å². The monoisotopic (exact) mass is 1080 g/mol. The molecule has 398 valence electrons. The first-order valence-corrected chi connectivity index (χ1v) is 29.3. The molecule has 1 heteroatoms. The van der Waals surface area contributed by atoms with Crippen LogP contribution in [0.15, 0.2) is 346 Å². The van der Waals surface area contributed by atoms with Crippen LogP contribution in [0.1, 0.15) is 0 Å². The molecule has 15 rings (SSSR count). The first-order chi connectivity index (χ1) is 42.1. The maximum atomic E-state index is 2.48. The Bertz CT molecular complexity index is 4360. The van der Waals surface area contributed by atoms with E-state index in [4.69, 9.17) is 0 Å². The van der Waals surface area contributed by atoms with E-state index >= 15 is 0 Å². The van der Waals surface area contributed by atoms with Gasteiger partial charge in [-0.05, 0) is 184 Å². The quantitative estimate of drug-likeness (QED) is 0.115. The van der Waals surface area contributed by atoms with Gasteiger partial charge in [0.2, 0.25) is 0 Å². The van der Waals surface area contributed by atoms with Gasteiger partial charge in [0, 0.05) is 16.3 Å². The van der Waals surface area contributed by atoms with Crippen molar-refractivity contribution in [1.29, 1.82) is 0 Å². The highest BCUT2D eigenvalue weighted by molar-refractivity contribution is 6.12. The van der Waals surface area contributed by atoms with E-state index in [1.54, 1.807) is 0 Å². The molecular formula is C84H57N. The third-order valence-corrected chi connectivity index (χ3v) is 16.8. The molecule has 1 heterocycles. The van der Waals surface area contributed by atoms with Crippen LogP contribution < -0.4 is 0 Å². The van der Waals surface area contributed by atoms with Crippen molar-refractivity contribution in [3.63, 3.8) is 0 Å². The molecule has 0 unspecified atom stereocenters. The van der Waals surface area contributed by atoms with Crippen LogP contribution in [0.4, 0.5) is 0 Å². The summed E-state index contributed by atoms with van der Waals surface area (Å²) in [6, 6.07) is 127. The van der Waals surface area contributed by atoms with E-state index in [-0.39, 0.29) is 0 Å². The number of hydrogen-bond donors (Lipinski definition) is 0. The Kier molecular flexibility index (Phi) is 13.3. The molecule has 1 nitrogen and oxygen atoms in total. The molecular weight excluding hydrogens is 1020 g/mol. The predicted molar refractivity (Wildman–Crippen MR) is 361 cm³/mol. The fourth-order valence-corrected chi connectivity index (χ4v) is 12.4. The zero-order valence-electron chi connectivity index (χ0n) is 46.9. The van der Waals surface area contributed by atoms with Crippen LogP contribution in [-0.4, -0.2) is 4.57 Å². The zero-order chi connectivity index (χ0) is 56.5. The van der Waals surface area contributed by atoms with Crippen LogP contribution >= 0.6 is 0 Å². The summed E-state index contributed by atoms with van der Waals surface area (Å²) in [5.41, 5.74) is 29.4. The number of fused-ring (bicyclic) bond motifs is 3. The van der Waals surface area contributed by atoms with Crippen molar-refractivity contribution in [2.75, 3.05) is 0 Å². The Labute approximate surface area is 497 Å². The molecule has 0 aliphatic carbocycles. The van der Waals surface area contributed by atoms with Crippen molar-refractivity contribution in [2.45, 2.75) is 0 Å². The second kappa shape index (κ2) is 22.3. The van der Waals surface area contributed by atoms with E-state index in [1.165, 1.54) is 111 Å². The van der Waals surface area contributed by atoms with Crippen molar-refractivity contribution >= 4 is 21.8 Å². The number of aromatic nitrogens is 1. The Morgan fingerprint density at radius 2 is 0.353 bits per heavy atom. The van der Waals surface area contributed by atoms with Crippen molar-refractivity contribution in [2.24, 2.45) is 0 Å². The number of hydrogen-bond acceptors (Lipinski definition) is 0. The summed E-state index contributed by atoms with van der Waals surface area (Å²) in [4.78, 5) is 0.